The van der Waals surface area contributed by atoms with E-state index in [4.69, 9.17) is 0 Å². The molecule has 2 atom stereocenters. The molecule has 0 N–H and O–H groups in total. The van der Waals surface area contributed by atoms with Gasteiger partial charge < -0.3 is 23.4 Å². The molecule has 2 heteroatoms. The molecular formula is C9H17BrMg. The third kappa shape index (κ3) is 4.74. The van der Waals surface area contributed by atoms with Crippen LogP contribution in [0.4, 0.5) is 0 Å². The molecule has 0 radical (unpaired) electrons. The molecule has 0 aromatic heterocycles. The molecule has 0 amide bonds. The molecule has 0 aromatic rings. The van der Waals surface area contributed by atoms with Gasteiger partial charge in [0, 0.05) is 0 Å². The van der Waals surface area contributed by atoms with Crippen molar-refractivity contribution >= 4 is 23.1 Å². The van der Waals surface area contributed by atoms with E-state index in [2.05, 4.69) is 20.3 Å². The molecule has 1 aliphatic carbocycles. The van der Waals surface area contributed by atoms with Crippen molar-refractivity contribution in [3.63, 3.8) is 0 Å². The topological polar surface area (TPSA) is 0 Å². The molecular weight excluding hydrogens is 212 g/mol. The smallest absolute Gasteiger partial charge is 1.00 e. The quantitative estimate of drug-likeness (QED) is 0.449. The molecule has 1 rings (SSSR count). The number of halogens is 1. The maximum atomic E-state index is 2.56. The van der Waals surface area contributed by atoms with Gasteiger partial charge >= 0.3 is 23.1 Å². The summed E-state index contributed by atoms with van der Waals surface area (Å²) >= 11 is 0. The van der Waals surface area contributed by atoms with E-state index in [1.54, 1.807) is 0 Å². The summed E-state index contributed by atoms with van der Waals surface area (Å²) in [6.07, 6.45) is 8.18. The molecule has 11 heavy (non-hydrogen) atoms. The molecule has 0 nitrogen and oxygen atoms in total. The van der Waals surface area contributed by atoms with Crippen LogP contribution in [0.1, 0.15) is 39.5 Å². The average Bonchev–Trinajstić information content (AvgIpc) is 2.34. The molecule has 1 saturated carbocycles. The van der Waals surface area contributed by atoms with Gasteiger partial charge in [0.05, 0.1) is 0 Å². The zero-order valence-electron chi connectivity index (χ0n) is 7.65. The molecule has 0 aromatic carbocycles. The first-order valence-corrected chi connectivity index (χ1v) is 4.21. The molecule has 0 aliphatic heterocycles. The van der Waals surface area contributed by atoms with Crippen LogP contribution in [-0.2, 0) is 0 Å². The van der Waals surface area contributed by atoms with Gasteiger partial charge in [-0.15, -0.1) is 0 Å². The Morgan fingerprint density at radius 3 is 1.64 bits per heavy atom. The fourth-order valence-electron chi connectivity index (χ4n) is 1.69. The first kappa shape index (κ1) is 14.8. The zero-order valence-corrected chi connectivity index (χ0v) is 10.6. The van der Waals surface area contributed by atoms with Crippen molar-refractivity contribution in [2.75, 3.05) is 0 Å². The van der Waals surface area contributed by atoms with Crippen LogP contribution < -0.4 is 17.0 Å². The minimum atomic E-state index is 0. The minimum absolute atomic E-state index is 0. The van der Waals surface area contributed by atoms with Gasteiger partial charge in [-0.25, -0.2) is 0 Å². The van der Waals surface area contributed by atoms with Gasteiger partial charge in [-0.2, -0.15) is 11.8 Å². The van der Waals surface area contributed by atoms with Crippen molar-refractivity contribution in [2.45, 2.75) is 39.5 Å². The van der Waals surface area contributed by atoms with E-state index in [1.165, 1.54) is 25.7 Å². The maximum Gasteiger partial charge on any atom is 2.00 e. The SMILES string of the molecule is CCC1[CH-]C(CC)CC1.[Br-].[Mg+2]. The van der Waals surface area contributed by atoms with Crippen LogP contribution >= 0.6 is 0 Å². The van der Waals surface area contributed by atoms with E-state index in [0.717, 1.165) is 11.8 Å². The number of rotatable bonds is 2. The van der Waals surface area contributed by atoms with Gasteiger partial charge in [0.25, 0.3) is 0 Å². The zero-order chi connectivity index (χ0) is 6.69. The summed E-state index contributed by atoms with van der Waals surface area (Å²) in [6, 6.07) is 0. The Morgan fingerprint density at radius 2 is 1.45 bits per heavy atom. The van der Waals surface area contributed by atoms with E-state index >= 15 is 0 Å². The molecule has 0 saturated heterocycles. The van der Waals surface area contributed by atoms with Crippen molar-refractivity contribution < 1.29 is 17.0 Å². The minimum Gasteiger partial charge on any atom is -1.00 e. The van der Waals surface area contributed by atoms with Gasteiger partial charge in [0.1, 0.15) is 0 Å². The summed E-state index contributed by atoms with van der Waals surface area (Å²) in [5, 5.41) is 0. The Bertz CT molecular complexity index is 75.6. The van der Waals surface area contributed by atoms with Crippen LogP contribution in [0.3, 0.4) is 0 Å². The van der Waals surface area contributed by atoms with Crippen molar-refractivity contribution in [3.8, 4) is 0 Å². The second kappa shape index (κ2) is 7.87. The molecule has 0 bridgehead atoms. The predicted octanol–water partition coefficient (Wildman–Crippen LogP) is -0.340. The summed E-state index contributed by atoms with van der Waals surface area (Å²) < 4.78 is 0. The number of hydrogen-bond acceptors (Lipinski definition) is 0. The third-order valence-electron chi connectivity index (χ3n) is 2.50. The fourth-order valence-corrected chi connectivity index (χ4v) is 1.69. The Balaban J connectivity index is 0. The Kier molecular flexibility index (Phi) is 10.6. The van der Waals surface area contributed by atoms with Crippen LogP contribution in [0.2, 0.25) is 0 Å². The predicted molar refractivity (Wildman–Crippen MR) is 46.9 cm³/mol. The van der Waals surface area contributed by atoms with Crippen molar-refractivity contribution in [3.05, 3.63) is 6.42 Å². The maximum absolute atomic E-state index is 2.56. The summed E-state index contributed by atoms with van der Waals surface area (Å²) in [4.78, 5) is 0. The summed E-state index contributed by atoms with van der Waals surface area (Å²) in [5.74, 6) is 1.91. The summed E-state index contributed by atoms with van der Waals surface area (Å²) in [5.41, 5.74) is 0. The molecule has 0 spiro atoms. The standard InChI is InChI=1S/C9H17.BrH.Mg/c1-3-8-5-6-9(4-2)7-8;;/h7-9H,3-6H2,1-2H3;1H;/q-1;;+2/p-1. The normalized spacial score (nSPS) is 28.9. The molecule has 1 aliphatic rings. The molecule has 0 heterocycles. The van der Waals surface area contributed by atoms with E-state index in [-0.39, 0.29) is 40.0 Å². The van der Waals surface area contributed by atoms with Crippen LogP contribution in [0, 0.1) is 18.3 Å². The Morgan fingerprint density at radius 1 is 1.09 bits per heavy atom. The van der Waals surface area contributed by atoms with E-state index in [9.17, 15) is 0 Å². The molecule has 62 valence electrons. The first-order chi connectivity index (χ1) is 4.36. The number of hydrogen-bond donors (Lipinski definition) is 0. The summed E-state index contributed by atoms with van der Waals surface area (Å²) in [7, 11) is 0. The van der Waals surface area contributed by atoms with E-state index in [0.29, 0.717) is 0 Å². The largest absolute Gasteiger partial charge is 2.00 e. The summed E-state index contributed by atoms with van der Waals surface area (Å²) in [6.45, 7) is 4.58. The van der Waals surface area contributed by atoms with Gasteiger partial charge in [-0.05, 0) is 0 Å². The second-order valence-electron chi connectivity index (χ2n) is 3.11. The van der Waals surface area contributed by atoms with Crippen molar-refractivity contribution in [1.82, 2.24) is 0 Å². The van der Waals surface area contributed by atoms with Crippen LogP contribution in [-0.4, -0.2) is 23.1 Å². The average molecular weight is 229 g/mol. The van der Waals surface area contributed by atoms with Gasteiger partial charge in [0.2, 0.25) is 0 Å². The molecule has 1 fully saturated rings. The van der Waals surface area contributed by atoms with Crippen molar-refractivity contribution in [2.24, 2.45) is 11.8 Å². The van der Waals surface area contributed by atoms with E-state index in [1.807, 2.05) is 0 Å². The fraction of sp³-hybridized carbons (Fsp3) is 0.889. The first-order valence-electron chi connectivity index (χ1n) is 4.21. The van der Waals surface area contributed by atoms with E-state index < -0.39 is 0 Å². The Labute approximate surface area is 97.4 Å². The molecule has 2 unspecified atom stereocenters. The third-order valence-corrected chi connectivity index (χ3v) is 2.50. The second-order valence-corrected chi connectivity index (χ2v) is 3.11. The van der Waals surface area contributed by atoms with Crippen LogP contribution in [0.5, 0.6) is 0 Å². The van der Waals surface area contributed by atoms with Crippen LogP contribution in [0.15, 0.2) is 0 Å². The van der Waals surface area contributed by atoms with Crippen LogP contribution in [0.25, 0.3) is 0 Å². The Hall–Kier alpha value is 1.25. The van der Waals surface area contributed by atoms with Crippen molar-refractivity contribution in [1.29, 1.82) is 0 Å². The van der Waals surface area contributed by atoms with Gasteiger partial charge in [-0.1, -0.05) is 39.5 Å². The van der Waals surface area contributed by atoms with Gasteiger partial charge in [-0.3, -0.25) is 0 Å². The monoisotopic (exact) mass is 228 g/mol. The van der Waals surface area contributed by atoms with Gasteiger partial charge in [0.15, 0.2) is 0 Å².